The summed E-state index contributed by atoms with van der Waals surface area (Å²) in [6, 6.07) is 6.86. The molecule has 0 spiro atoms. The normalized spacial score (nSPS) is 16.9. The summed E-state index contributed by atoms with van der Waals surface area (Å²) in [5.41, 5.74) is 2.90. The molecule has 17 heavy (non-hydrogen) atoms. The number of benzene rings is 1. The molecular formula is C15H22OS. The van der Waals surface area contributed by atoms with E-state index in [0.717, 1.165) is 6.42 Å². The molecular weight excluding hydrogens is 228 g/mol. The summed E-state index contributed by atoms with van der Waals surface area (Å²) in [5.74, 6) is 2.20. The van der Waals surface area contributed by atoms with Crippen LogP contribution in [0.4, 0.5) is 0 Å². The lowest BCUT2D eigenvalue weighted by Gasteiger charge is -2.20. The van der Waals surface area contributed by atoms with Crippen LogP contribution in [0, 0.1) is 11.8 Å². The Morgan fingerprint density at radius 1 is 1.35 bits per heavy atom. The van der Waals surface area contributed by atoms with Gasteiger partial charge in [-0.05, 0) is 54.0 Å². The molecule has 1 heterocycles. The summed E-state index contributed by atoms with van der Waals surface area (Å²) >= 11 is 1.98. The maximum atomic E-state index is 9.39. The fourth-order valence-corrected chi connectivity index (χ4v) is 3.37. The largest absolute Gasteiger partial charge is 0.396 e. The molecule has 0 saturated carbocycles. The third-order valence-electron chi connectivity index (χ3n) is 3.65. The van der Waals surface area contributed by atoms with Crippen molar-refractivity contribution in [2.24, 2.45) is 11.8 Å². The van der Waals surface area contributed by atoms with Crippen molar-refractivity contribution < 1.29 is 5.11 Å². The number of aliphatic hydroxyl groups excluding tert-OH is 1. The Bertz CT molecular complexity index is 373. The Morgan fingerprint density at radius 2 is 2.18 bits per heavy atom. The van der Waals surface area contributed by atoms with Gasteiger partial charge in [-0.2, -0.15) is 0 Å². The van der Waals surface area contributed by atoms with E-state index in [9.17, 15) is 5.11 Å². The molecule has 0 radical (unpaired) electrons. The highest BCUT2D eigenvalue weighted by Gasteiger charge is 2.15. The molecule has 1 aliphatic heterocycles. The van der Waals surface area contributed by atoms with E-state index in [4.69, 9.17) is 0 Å². The third kappa shape index (κ3) is 3.26. The summed E-state index contributed by atoms with van der Waals surface area (Å²) in [6.45, 7) is 4.67. The van der Waals surface area contributed by atoms with E-state index >= 15 is 0 Å². The van der Waals surface area contributed by atoms with Gasteiger partial charge in [0.15, 0.2) is 0 Å². The quantitative estimate of drug-likeness (QED) is 0.882. The van der Waals surface area contributed by atoms with E-state index < -0.39 is 0 Å². The minimum atomic E-state index is 0.295. The first-order valence-corrected chi connectivity index (χ1v) is 7.54. The van der Waals surface area contributed by atoms with Crippen molar-refractivity contribution >= 4 is 11.8 Å². The van der Waals surface area contributed by atoms with E-state index in [2.05, 4.69) is 32.0 Å². The molecule has 0 bridgehead atoms. The van der Waals surface area contributed by atoms with Gasteiger partial charge >= 0.3 is 0 Å². The van der Waals surface area contributed by atoms with Crippen LogP contribution in [0.5, 0.6) is 0 Å². The average Bonchev–Trinajstić information content (AvgIpc) is 2.35. The maximum Gasteiger partial charge on any atom is 0.0464 e. The van der Waals surface area contributed by atoms with Crippen LogP contribution in [0.25, 0.3) is 0 Å². The molecule has 2 heteroatoms. The van der Waals surface area contributed by atoms with Crippen LogP contribution in [0.2, 0.25) is 0 Å². The van der Waals surface area contributed by atoms with Crippen LogP contribution in [-0.4, -0.2) is 17.5 Å². The van der Waals surface area contributed by atoms with Crippen molar-refractivity contribution in [1.82, 2.24) is 0 Å². The second-order valence-electron chi connectivity index (χ2n) is 5.28. The zero-order valence-corrected chi connectivity index (χ0v) is 11.6. The van der Waals surface area contributed by atoms with Crippen molar-refractivity contribution in [1.29, 1.82) is 0 Å². The van der Waals surface area contributed by atoms with E-state index in [0.29, 0.717) is 18.4 Å². The molecule has 1 aromatic carbocycles. The van der Waals surface area contributed by atoms with Gasteiger partial charge in [0, 0.05) is 11.5 Å². The molecule has 1 atom stereocenters. The fraction of sp³-hybridized carbons (Fsp3) is 0.600. The topological polar surface area (TPSA) is 20.2 Å². The highest BCUT2D eigenvalue weighted by atomic mass is 32.2. The van der Waals surface area contributed by atoms with Crippen molar-refractivity contribution in [3.05, 3.63) is 29.3 Å². The van der Waals surface area contributed by atoms with Crippen LogP contribution in [0.1, 0.15) is 31.4 Å². The minimum Gasteiger partial charge on any atom is -0.396 e. The summed E-state index contributed by atoms with van der Waals surface area (Å²) in [7, 11) is 0. The lowest BCUT2D eigenvalue weighted by molar-refractivity contribution is 0.189. The van der Waals surface area contributed by atoms with Crippen LogP contribution >= 0.6 is 11.8 Å². The van der Waals surface area contributed by atoms with Crippen LogP contribution in [0.15, 0.2) is 23.1 Å². The standard InChI is InChI=1S/C15H22OS/c1-11(2)14(10-16)9-12-5-6-15-13(8-12)4-3-7-17-15/h5-6,8,11,14,16H,3-4,7,9-10H2,1-2H3. The zero-order chi connectivity index (χ0) is 12.3. The molecule has 1 nitrogen and oxygen atoms in total. The first kappa shape index (κ1) is 13.0. The van der Waals surface area contributed by atoms with E-state index in [-0.39, 0.29) is 0 Å². The molecule has 0 fully saturated rings. The summed E-state index contributed by atoms with van der Waals surface area (Å²) < 4.78 is 0. The number of thioether (sulfide) groups is 1. The molecule has 94 valence electrons. The second-order valence-corrected chi connectivity index (χ2v) is 6.42. The maximum absolute atomic E-state index is 9.39. The number of rotatable bonds is 4. The Hall–Kier alpha value is -0.470. The molecule has 1 aromatic rings. The van der Waals surface area contributed by atoms with E-state index in [1.54, 1.807) is 0 Å². The van der Waals surface area contributed by atoms with Crippen molar-refractivity contribution in [2.75, 3.05) is 12.4 Å². The van der Waals surface area contributed by atoms with Gasteiger partial charge in [-0.1, -0.05) is 26.0 Å². The predicted molar refractivity (Wildman–Crippen MR) is 74.6 cm³/mol. The number of aryl methyl sites for hydroxylation is 1. The van der Waals surface area contributed by atoms with Crippen molar-refractivity contribution in [3.8, 4) is 0 Å². The zero-order valence-electron chi connectivity index (χ0n) is 10.8. The molecule has 1 N–H and O–H groups in total. The monoisotopic (exact) mass is 250 g/mol. The highest BCUT2D eigenvalue weighted by Crippen LogP contribution is 2.31. The van der Waals surface area contributed by atoms with Gasteiger partial charge < -0.3 is 5.11 Å². The van der Waals surface area contributed by atoms with E-state index in [1.165, 1.54) is 34.6 Å². The van der Waals surface area contributed by atoms with Gasteiger partial charge in [0.25, 0.3) is 0 Å². The molecule has 0 aliphatic carbocycles. The Morgan fingerprint density at radius 3 is 2.88 bits per heavy atom. The second kappa shape index (κ2) is 5.92. The lowest BCUT2D eigenvalue weighted by Crippen LogP contribution is -2.16. The molecule has 1 aliphatic rings. The van der Waals surface area contributed by atoms with Gasteiger partial charge in [-0.3, -0.25) is 0 Å². The van der Waals surface area contributed by atoms with Gasteiger partial charge in [0.2, 0.25) is 0 Å². The minimum absolute atomic E-state index is 0.295. The van der Waals surface area contributed by atoms with Crippen LogP contribution in [0.3, 0.4) is 0 Å². The number of hydrogen-bond donors (Lipinski definition) is 1. The van der Waals surface area contributed by atoms with Crippen molar-refractivity contribution in [3.63, 3.8) is 0 Å². The molecule has 1 unspecified atom stereocenters. The Labute approximate surface area is 109 Å². The number of aliphatic hydroxyl groups is 1. The van der Waals surface area contributed by atoms with Crippen LogP contribution in [-0.2, 0) is 12.8 Å². The van der Waals surface area contributed by atoms with Gasteiger partial charge in [-0.25, -0.2) is 0 Å². The van der Waals surface area contributed by atoms with Gasteiger partial charge in [0.05, 0.1) is 0 Å². The lowest BCUT2D eigenvalue weighted by atomic mass is 9.89. The van der Waals surface area contributed by atoms with E-state index in [1.807, 2.05) is 11.8 Å². The van der Waals surface area contributed by atoms with Crippen LogP contribution < -0.4 is 0 Å². The third-order valence-corrected chi connectivity index (χ3v) is 4.85. The first-order valence-electron chi connectivity index (χ1n) is 6.56. The average molecular weight is 250 g/mol. The van der Waals surface area contributed by atoms with Gasteiger partial charge in [0.1, 0.15) is 0 Å². The SMILES string of the molecule is CC(C)C(CO)Cc1ccc2c(c1)CCCS2. The fourth-order valence-electron chi connectivity index (χ4n) is 2.35. The summed E-state index contributed by atoms with van der Waals surface area (Å²) in [6.07, 6.45) is 3.53. The smallest absolute Gasteiger partial charge is 0.0464 e. The predicted octanol–water partition coefficient (Wildman–Crippen LogP) is 3.53. The highest BCUT2D eigenvalue weighted by molar-refractivity contribution is 7.99. The molecule has 2 rings (SSSR count). The number of fused-ring (bicyclic) bond motifs is 1. The first-order chi connectivity index (χ1) is 8.20. The Balaban J connectivity index is 2.11. The Kier molecular flexibility index (Phi) is 4.52. The van der Waals surface area contributed by atoms with Crippen molar-refractivity contribution in [2.45, 2.75) is 38.0 Å². The number of hydrogen-bond acceptors (Lipinski definition) is 2. The summed E-state index contributed by atoms with van der Waals surface area (Å²) in [5, 5.41) is 9.39. The molecule has 0 aromatic heterocycles. The molecule has 0 saturated heterocycles. The summed E-state index contributed by atoms with van der Waals surface area (Å²) in [4.78, 5) is 1.46. The molecule has 0 amide bonds. The van der Waals surface area contributed by atoms with Gasteiger partial charge in [-0.15, -0.1) is 11.8 Å².